The van der Waals surface area contributed by atoms with Crippen molar-refractivity contribution >= 4 is 34.8 Å². The smallest absolute Gasteiger partial charge is 0.253 e. The lowest BCUT2D eigenvalue weighted by molar-refractivity contribution is 0.297. The van der Waals surface area contributed by atoms with Crippen LogP contribution >= 0.6 is 24.4 Å². The van der Waals surface area contributed by atoms with E-state index < -0.39 is 0 Å². The third kappa shape index (κ3) is 24.6. The van der Waals surface area contributed by atoms with Crippen molar-refractivity contribution in [3.63, 3.8) is 0 Å². The van der Waals surface area contributed by atoms with Gasteiger partial charge in [0.05, 0.1) is 13.2 Å². The zero-order valence-corrected chi connectivity index (χ0v) is 13.1. The Kier molecular flexibility index (Phi) is 17.9. The summed E-state index contributed by atoms with van der Waals surface area (Å²) in [5, 5.41) is 0.317. The molecule has 0 spiro atoms. The van der Waals surface area contributed by atoms with Crippen LogP contribution in [0.5, 0.6) is 0 Å². The molecule has 6 heteroatoms. The van der Waals surface area contributed by atoms with Gasteiger partial charge in [-0.05, 0) is 37.3 Å². The minimum absolute atomic E-state index is 0.158. The standard InChI is InChI=1S/2C6H13NOS/c2*1-2-3-4-5-8-6(7)9/h2*2-5H2,1H3,(H2,7,9). The second kappa shape index (κ2) is 16.4. The molecular weight excluding hydrogens is 268 g/mol. The van der Waals surface area contributed by atoms with E-state index in [2.05, 4.69) is 38.3 Å². The molecule has 0 saturated heterocycles. The minimum atomic E-state index is 0.158. The van der Waals surface area contributed by atoms with Gasteiger partial charge in [0.1, 0.15) is 0 Å². The predicted molar refractivity (Wildman–Crippen MR) is 84.5 cm³/mol. The van der Waals surface area contributed by atoms with Gasteiger partial charge in [-0.25, -0.2) is 0 Å². The van der Waals surface area contributed by atoms with Crippen LogP contribution in [0.15, 0.2) is 0 Å². The highest BCUT2D eigenvalue weighted by Crippen LogP contribution is 1.93. The zero-order chi connectivity index (χ0) is 14.2. The summed E-state index contributed by atoms with van der Waals surface area (Å²) in [6.07, 6.45) is 6.86. The summed E-state index contributed by atoms with van der Waals surface area (Å²) in [5.74, 6) is 0. The van der Waals surface area contributed by atoms with Crippen molar-refractivity contribution < 1.29 is 9.47 Å². The molecule has 0 rings (SSSR count). The monoisotopic (exact) mass is 294 g/mol. The third-order valence-corrected chi connectivity index (χ3v) is 2.22. The van der Waals surface area contributed by atoms with E-state index >= 15 is 0 Å². The normalized spacial score (nSPS) is 9.00. The second-order valence-electron chi connectivity index (χ2n) is 3.75. The number of thiocarbonyl (C=S) groups is 2. The van der Waals surface area contributed by atoms with Gasteiger partial charge in [0, 0.05) is 0 Å². The molecule has 0 aliphatic rings. The number of nitrogens with two attached hydrogens (primary N) is 2. The van der Waals surface area contributed by atoms with Crippen molar-refractivity contribution in [1.29, 1.82) is 0 Å². The number of unbranched alkanes of at least 4 members (excludes halogenated alkanes) is 4. The molecule has 0 aromatic carbocycles. The highest BCUT2D eigenvalue weighted by molar-refractivity contribution is 7.80. The molecule has 0 atom stereocenters. The van der Waals surface area contributed by atoms with Crippen LogP contribution in [0.25, 0.3) is 0 Å². The highest BCUT2D eigenvalue weighted by Gasteiger charge is 1.88. The summed E-state index contributed by atoms with van der Waals surface area (Å²) < 4.78 is 9.71. The van der Waals surface area contributed by atoms with Crippen LogP contribution in [0.1, 0.15) is 52.4 Å². The molecule has 4 nitrogen and oxygen atoms in total. The maximum absolute atomic E-state index is 5.08. The Balaban J connectivity index is 0. The molecule has 0 amide bonds. The van der Waals surface area contributed by atoms with Crippen LogP contribution in [-0.4, -0.2) is 23.6 Å². The van der Waals surface area contributed by atoms with Crippen molar-refractivity contribution in [3.8, 4) is 0 Å². The van der Waals surface area contributed by atoms with Gasteiger partial charge in [-0.15, -0.1) is 0 Å². The predicted octanol–water partition coefficient (Wildman–Crippen LogP) is 2.87. The van der Waals surface area contributed by atoms with Gasteiger partial charge < -0.3 is 20.9 Å². The number of hydrogen-bond donors (Lipinski definition) is 2. The first-order chi connectivity index (χ1) is 8.54. The van der Waals surface area contributed by atoms with E-state index in [1.165, 1.54) is 25.7 Å². The molecule has 108 valence electrons. The van der Waals surface area contributed by atoms with Gasteiger partial charge >= 0.3 is 0 Å². The summed E-state index contributed by atoms with van der Waals surface area (Å²) in [4.78, 5) is 0. The maximum atomic E-state index is 5.08. The van der Waals surface area contributed by atoms with Gasteiger partial charge in [0.25, 0.3) is 10.3 Å². The quantitative estimate of drug-likeness (QED) is 0.530. The maximum Gasteiger partial charge on any atom is 0.253 e. The van der Waals surface area contributed by atoms with Crippen molar-refractivity contribution in [2.45, 2.75) is 52.4 Å². The summed E-state index contributed by atoms with van der Waals surface area (Å²) in [7, 11) is 0. The zero-order valence-electron chi connectivity index (χ0n) is 11.4. The van der Waals surface area contributed by atoms with Crippen LogP contribution in [0.3, 0.4) is 0 Å². The average molecular weight is 294 g/mol. The van der Waals surface area contributed by atoms with Gasteiger partial charge in [0.2, 0.25) is 0 Å². The summed E-state index contributed by atoms with van der Waals surface area (Å²) in [6.45, 7) is 5.62. The Labute approximate surface area is 121 Å². The van der Waals surface area contributed by atoms with Crippen LogP contribution in [0.4, 0.5) is 0 Å². The highest BCUT2D eigenvalue weighted by atomic mass is 32.1. The molecule has 4 N–H and O–H groups in total. The molecule has 0 fully saturated rings. The Morgan fingerprint density at radius 1 is 0.778 bits per heavy atom. The third-order valence-electron chi connectivity index (χ3n) is 1.98. The Morgan fingerprint density at radius 3 is 1.33 bits per heavy atom. The van der Waals surface area contributed by atoms with Gasteiger partial charge in [-0.1, -0.05) is 39.5 Å². The largest absolute Gasteiger partial charge is 0.471 e. The fourth-order valence-corrected chi connectivity index (χ4v) is 1.22. The van der Waals surface area contributed by atoms with E-state index in [9.17, 15) is 0 Å². The van der Waals surface area contributed by atoms with Crippen LogP contribution in [-0.2, 0) is 9.47 Å². The number of ether oxygens (including phenoxy) is 2. The first-order valence-corrected chi connectivity index (χ1v) is 7.20. The summed E-state index contributed by atoms with van der Waals surface area (Å²) in [6, 6.07) is 0. The SMILES string of the molecule is CCCCCOC(N)=S.CCCCCOC(N)=S. The van der Waals surface area contributed by atoms with E-state index in [1.807, 2.05) is 0 Å². The topological polar surface area (TPSA) is 70.5 Å². The molecule has 0 aromatic rings. The van der Waals surface area contributed by atoms with Crippen molar-refractivity contribution in [2.24, 2.45) is 11.5 Å². The molecule has 0 heterocycles. The van der Waals surface area contributed by atoms with Crippen LogP contribution in [0.2, 0.25) is 0 Å². The van der Waals surface area contributed by atoms with Crippen LogP contribution in [0, 0.1) is 0 Å². The Morgan fingerprint density at radius 2 is 1.11 bits per heavy atom. The average Bonchev–Trinajstić information content (AvgIpc) is 2.31. The van der Waals surface area contributed by atoms with E-state index in [0.29, 0.717) is 13.2 Å². The van der Waals surface area contributed by atoms with Crippen LogP contribution < -0.4 is 11.5 Å². The molecule has 0 saturated carbocycles. The van der Waals surface area contributed by atoms with E-state index in [-0.39, 0.29) is 10.3 Å². The molecule has 0 radical (unpaired) electrons. The first kappa shape index (κ1) is 19.7. The fourth-order valence-electron chi connectivity index (χ4n) is 1.05. The molecular formula is C12H26N2O2S2. The van der Waals surface area contributed by atoms with Crippen molar-refractivity contribution in [2.75, 3.05) is 13.2 Å². The van der Waals surface area contributed by atoms with E-state index in [0.717, 1.165) is 12.8 Å². The Hall–Kier alpha value is -0.620. The molecule has 0 bridgehead atoms. The molecule has 0 unspecified atom stereocenters. The van der Waals surface area contributed by atoms with E-state index in [4.69, 9.17) is 20.9 Å². The lowest BCUT2D eigenvalue weighted by Crippen LogP contribution is -2.13. The fraction of sp³-hybridized carbons (Fsp3) is 0.833. The van der Waals surface area contributed by atoms with Gasteiger partial charge in [-0.3, -0.25) is 0 Å². The molecule has 0 aromatic heterocycles. The molecule has 0 aliphatic heterocycles. The van der Waals surface area contributed by atoms with Gasteiger partial charge in [0.15, 0.2) is 0 Å². The number of hydrogen-bond acceptors (Lipinski definition) is 4. The Bertz CT molecular complexity index is 192. The van der Waals surface area contributed by atoms with Crippen molar-refractivity contribution in [1.82, 2.24) is 0 Å². The minimum Gasteiger partial charge on any atom is -0.471 e. The number of rotatable bonds is 8. The summed E-state index contributed by atoms with van der Waals surface area (Å²) >= 11 is 9.00. The lowest BCUT2D eigenvalue weighted by atomic mass is 10.3. The molecule has 18 heavy (non-hydrogen) atoms. The lowest BCUT2D eigenvalue weighted by Gasteiger charge is -2.00. The second-order valence-corrected chi connectivity index (χ2v) is 4.55. The summed E-state index contributed by atoms with van der Waals surface area (Å²) in [5.41, 5.74) is 10.2. The van der Waals surface area contributed by atoms with Gasteiger partial charge in [-0.2, -0.15) is 0 Å². The van der Waals surface area contributed by atoms with E-state index in [1.54, 1.807) is 0 Å². The first-order valence-electron chi connectivity index (χ1n) is 6.39. The van der Waals surface area contributed by atoms with Crippen molar-refractivity contribution in [3.05, 3.63) is 0 Å². The molecule has 0 aliphatic carbocycles.